The van der Waals surface area contributed by atoms with E-state index in [2.05, 4.69) is 16.0 Å². The number of hydrogen-bond acceptors (Lipinski definition) is 6. The highest BCUT2D eigenvalue weighted by atomic mass is 35.5. The Morgan fingerprint density at radius 1 is 1.12 bits per heavy atom. The summed E-state index contributed by atoms with van der Waals surface area (Å²) in [6, 6.07) is 8.49. The van der Waals surface area contributed by atoms with Crippen LogP contribution in [0, 0.1) is 11.7 Å². The Balaban J connectivity index is 1.38. The Bertz CT molecular complexity index is 1360. The maximum atomic E-state index is 13.9. The SMILES string of the molecule is O=C(NCCc1ccccc1F)C(=O)[C@H](C[C@@H]1CCNC1=O)NC(=O)[C@@H]1CCCN1C(=O)COc1ccc(Cl)cc1Cl. The molecule has 0 aromatic heterocycles. The molecule has 224 valence electrons. The van der Waals surface area contributed by atoms with Crippen molar-refractivity contribution in [1.82, 2.24) is 20.9 Å². The molecule has 0 spiro atoms. The lowest BCUT2D eigenvalue weighted by Gasteiger charge is -2.27. The maximum absolute atomic E-state index is 13.9. The van der Waals surface area contributed by atoms with Gasteiger partial charge in [0.25, 0.3) is 11.8 Å². The predicted octanol–water partition coefficient (Wildman–Crippen LogP) is 2.44. The molecule has 0 bridgehead atoms. The molecular formula is C29H31Cl2FN4O6. The number of Topliss-reactive ketones (excluding diaryl/α,β-unsaturated/α-hetero) is 1. The topological polar surface area (TPSA) is 134 Å². The zero-order valence-corrected chi connectivity index (χ0v) is 24.2. The van der Waals surface area contributed by atoms with Crippen LogP contribution in [0.25, 0.3) is 0 Å². The molecule has 13 heteroatoms. The smallest absolute Gasteiger partial charge is 0.289 e. The molecule has 0 radical (unpaired) electrons. The van der Waals surface area contributed by atoms with Crippen LogP contribution < -0.4 is 20.7 Å². The lowest BCUT2D eigenvalue weighted by Crippen LogP contribution is -2.54. The Kier molecular flexibility index (Phi) is 10.8. The first-order valence-electron chi connectivity index (χ1n) is 13.6. The molecule has 0 unspecified atom stereocenters. The molecule has 2 aromatic rings. The third-order valence-electron chi connectivity index (χ3n) is 7.30. The summed E-state index contributed by atoms with van der Waals surface area (Å²) < 4.78 is 19.4. The number of ether oxygens (including phenoxy) is 1. The molecule has 2 aliphatic rings. The van der Waals surface area contributed by atoms with Gasteiger partial charge in [-0.25, -0.2) is 4.39 Å². The van der Waals surface area contributed by atoms with Gasteiger partial charge in [0.2, 0.25) is 17.6 Å². The van der Waals surface area contributed by atoms with E-state index < -0.39 is 47.3 Å². The van der Waals surface area contributed by atoms with Gasteiger partial charge in [-0.15, -0.1) is 0 Å². The highest BCUT2D eigenvalue weighted by Crippen LogP contribution is 2.28. The number of carbonyl (C=O) groups is 5. The fraction of sp³-hybridized carbons (Fsp3) is 0.414. The number of amides is 4. The van der Waals surface area contributed by atoms with Crippen LogP contribution in [0.3, 0.4) is 0 Å². The van der Waals surface area contributed by atoms with Crippen LogP contribution in [0.5, 0.6) is 5.75 Å². The number of rotatable bonds is 12. The zero-order valence-electron chi connectivity index (χ0n) is 22.7. The van der Waals surface area contributed by atoms with Crippen LogP contribution in [0.2, 0.25) is 10.0 Å². The maximum Gasteiger partial charge on any atom is 0.289 e. The summed E-state index contributed by atoms with van der Waals surface area (Å²) in [5.74, 6) is -3.94. The average molecular weight is 621 g/mol. The van der Waals surface area contributed by atoms with Crippen molar-refractivity contribution in [3.8, 4) is 5.75 Å². The fourth-order valence-electron chi connectivity index (χ4n) is 5.06. The molecule has 4 rings (SSSR count). The Labute approximate surface area is 252 Å². The molecule has 4 amide bonds. The number of hydrogen-bond donors (Lipinski definition) is 3. The van der Waals surface area contributed by atoms with Gasteiger partial charge in [-0.2, -0.15) is 0 Å². The minimum absolute atomic E-state index is 0.00136. The van der Waals surface area contributed by atoms with Gasteiger partial charge in [0.05, 0.1) is 11.1 Å². The summed E-state index contributed by atoms with van der Waals surface area (Å²) >= 11 is 12.0. The van der Waals surface area contributed by atoms with Crippen LogP contribution >= 0.6 is 23.2 Å². The number of benzene rings is 2. The van der Waals surface area contributed by atoms with E-state index in [1.807, 2.05) is 0 Å². The van der Waals surface area contributed by atoms with E-state index in [1.54, 1.807) is 24.3 Å². The molecule has 2 saturated heterocycles. The number of likely N-dealkylation sites (tertiary alicyclic amines) is 1. The Hall–Kier alpha value is -3.70. The molecular weight excluding hydrogens is 590 g/mol. The molecule has 3 atom stereocenters. The molecule has 0 aliphatic carbocycles. The fourth-order valence-corrected chi connectivity index (χ4v) is 5.53. The van der Waals surface area contributed by atoms with Crippen molar-refractivity contribution >= 4 is 52.6 Å². The van der Waals surface area contributed by atoms with Crippen LogP contribution in [0.4, 0.5) is 4.39 Å². The van der Waals surface area contributed by atoms with Crippen molar-refractivity contribution in [2.45, 2.75) is 44.2 Å². The van der Waals surface area contributed by atoms with E-state index in [0.717, 1.165) is 0 Å². The highest BCUT2D eigenvalue weighted by molar-refractivity contribution is 6.38. The van der Waals surface area contributed by atoms with Crippen LogP contribution in [0.15, 0.2) is 42.5 Å². The van der Waals surface area contributed by atoms with Gasteiger partial charge in [-0.3, -0.25) is 24.0 Å². The normalized spacial score (nSPS) is 18.7. The molecule has 3 N–H and O–H groups in total. The highest BCUT2D eigenvalue weighted by Gasteiger charge is 2.39. The average Bonchev–Trinajstić information content (AvgIpc) is 3.62. The largest absolute Gasteiger partial charge is 0.482 e. The Morgan fingerprint density at radius 2 is 1.90 bits per heavy atom. The summed E-state index contributed by atoms with van der Waals surface area (Å²) in [5.41, 5.74) is 0.381. The van der Waals surface area contributed by atoms with Gasteiger partial charge in [0, 0.05) is 30.6 Å². The second kappa shape index (κ2) is 14.5. The second-order valence-electron chi connectivity index (χ2n) is 10.1. The third kappa shape index (κ3) is 7.98. The number of halogens is 3. The number of carbonyl (C=O) groups excluding carboxylic acids is 5. The summed E-state index contributed by atoms with van der Waals surface area (Å²) in [7, 11) is 0. The zero-order chi connectivity index (χ0) is 30.2. The van der Waals surface area contributed by atoms with E-state index in [4.69, 9.17) is 27.9 Å². The first-order chi connectivity index (χ1) is 20.1. The van der Waals surface area contributed by atoms with Gasteiger partial charge in [-0.05, 0) is 61.9 Å². The minimum Gasteiger partial charge on any atom is -0.482 e. The van der Waals surface area contributed by atoms with E-state index in [-0.39, 0.29) is 42.7 Å². The summed E-state index contributed by atoms with van der Waals surface area (Å²) in [6.45, 7) is 0.351. The van der Waals surface area contributed by atoms with Gasteiger partial charge in [0.15, 0.2) is 6.61 Å². The van der Waals surface area contributed by atoms with E-state index in [9.17, 15) is 28.4 Å². The van der Waals surface area contributed by atoms with Crippen molar-refractivity contribution in [1.29, 1.82) is 0 Å². The van der Waals surface area contributed by atoms with Gasteiger partial charge in [-0.1, -0.05) is 41.4 Å². The van der Waals surface area contributed by atoms with Crippen molar-refractivity contribution < 1.29 is 33.1 Å². The van der Waals surface area contributed by atoms with Crippen molar-refractivity contribution in [2.75, 3.05) is 26.2 Å². The first-order valence-corrected chi connectivity index (χ1v) is 14.4. The quantitative estimate of drug-likeness (QED) is 0.312. The molecule has 2 fully saturated rings. The molecule has 2 aromatic carbocycles. The van der Waals surface area contributed by atoms with Gasteiger partial charge < -0.3 is 25.6 Å². The third-order valence-corrected chi connectivity index (χ3v) is 7.83. The van der Waals surface area contributed by atoms with Crippen molar-refractivity contribution in [3.05, 3.63) is 63.9 Å². The number of nitrogens with one attached hydrogen (secondary N) is 3. The molecule has 2 aliphatic heterocycles. The van der Waals surface area contributed by atoms with Gasteiger partial charge >= 0.3 is 0 Å². The van der Waals surface area contributed by atoms with E-state index >= 15 is 0 Å². The first kappa shape index (κ1) is 31.2. The monoisotopic (exact) mass is 620 g/mol. The predicted molar refractivity (Wildman–Crippen MR) is 152 cm³/mol. The van der Waals surface area contributed by atoms with Crippen LogP contribution in [0.1, 0.15) is 31.2 Å². The Morgan fingerprint density at radius 3 is 2.62 bits per heavy atom. The second-order valence-corrected chi connectivity index (χ2v) is 11.0. The van der Waals surface area contributed by atoms with Gasteiger partial charge in [0.1, 0.15) is 17.6 Å². The van der Waals surface area contributed by atoms with Crippen molar-refractivity contribution in [3.63, 3.8) is 0 Å². The minimum atomic E-state index is -1.29. The van der Waals surface area contributed by atoms with Crippen LogP contribution in [-0.4, -0.2) is 72.6 Å². The summed E-state index contributed by atoms with van der Waals surface area (Å²) in [4.78, 5) is 65.8. The molecule has 2 heterocycles. The van der Waals surface area contributed by atoms with E-state index in [1.165, 1.54) is 23.1 Å². The number of ketones is 1. The molecule has 42 heavy (non-hydrogen) atoms. The summed E-state index contributed by atoms with van der Waals surface area (Å²) in [6.07, 6.45) is 1.43. The van der Waals surface area contributed by atoms with E-state index in [0.29, 0.717) is 42.9 Å². The standard InChI is InChI=1S/C29H31Cl2FN4O6/c30-19-7-8-24(20(31)15-19)42-16-25(37)36-13-3-6-23(36)28(40)35-22(14-18-10-12-33-27(18)39)26(38)29(41)34-11-9-17-4-1-2-5-21(17)32/h1-2,4-5,7-8,15,18,22-23H,3,6,9-14,16H2,(H,33,39)(H,34,41)(H,35,40)/t18-,22-,23-/m0/s1. The lowest BCUT2D eigenvalue weighted by atomic mass is 9.95. The lowest BCUT2D eigenvalue weighted by molar-refractivity contribution is -0.143. The summed E-state index contributed by atoms with van der Waals surface area (Å²) in [5, 5.41) is 8.42. The van der Waals surface area contributed by atoms with Crippen molar-refractivity contribution in [2.24, 2.45) is 5.92 Å². The number of nitrogens with zero attached hydrogens (tertiary/aromatic N) is 1. The molecule has 0 saturated carbocycles. The van der Waals surface area contributed by atoms with Crippen LogP contribution in [-0.2, 0) is 30.4 Å². The molecule has 10 nitrogen and oxygen atoms in total.